The lowest BCUT2D eigenvalue weighted by Crippen LogP contribution is -2.05. The van der Waals surface area contributed by atoms with Crippen LogP contribution in [0.3, 0.4) is 0 Å². The van der Waals surface area contributed by atoms with Gasteiger partial charge in [-0.15, -0.1) is 0 Å². The lowest BCUT2D eigenvalue weighted by Gasteiger charge is -2.10. The Labute approximate surface area is 176 Å². The smallest absolute Gasteiger partial charge is 0.303 e. The van der Waals surface area contributed by atoms with E-state index >= 15 is 0 Å². The Morgan fingerprint density at radius 2 is 2.03 bits per heavy atom. The summed E-state index contributed by atoms with van der Waals surface area (Å²) in [5, 5.41) is 9.07. The molecule has 5 nitrogen and oxygen atoms in total. The van der Waals surface area contributed by atoms with Gasteiger partial charge < -0.3 is 14.3 Å². The summed E-state index contributed by atoms with van der Waals surface area (Å²) in [5.41, 5.74) is 5.49. The molecule has 1 aromatic heterocycles. The molecule has 3 aromatic rings. The van der Waals surface area contributed by atoms with Gasteiger partial charge in [-0.2, -0.15) is 0 Å². The van der Waals surface area contributed by atoms with E-state index in [1.54, 1.807) is 0 Å². The van der Waals surface area contributed by atoms with Crippen molar-refractivity contribution in [3.63, 3.8) is 0 Å². The molecule has 1 heterocycles. The molecule has 1 atom stereocenters. The Morgan fingerprint density at radius 3 is 2.77 bits per heavy atom. The minimum atomic E-state index is -0.738. The average Bonchev–Trinajstić information content (AvgIpc) is 3.32. The molecule has 0 aliphatic heterocycles. The van der Waals surface area contributed by atoms with Gasteiger partial charge in [0.25, 0.3) is 0 Å². The molecule has 30 heavy (non-hydrogen) atoms. The van der Waals surface area contributed by atoms with Gasteiger partial charge >= 0.3 is 5.97 Å². The Kier molecular flexibility index (Phi) is 5.88. The van der Waals surface area contributed by atoms with Crippen LogP contribution in [0.15, 0.2) is 46.9 Å². The molecule has 156 valence electrons. The first-order chi connectivity index (χ1) is 14.5. The summed E-state index contributed by atoms with van der Waals surface area (Å²) < 4.78 is 12.0. The number of carbonyl (C=O) groups is 1. The van der Waals surface area contributed by atoms with Gasteiger partial charge in [0.15, 0.2) is 0 Å². The van der Waals surface area contributed by atoms with Gasteiger partial charge in [0.2, 0.25) is 5.89 Å². The Morgan fingerprint density at radius 1 is 1.23 bits per heavy atom. The molecule has 0 saturated heterocycles. The van der Waals surface area contributed by atoms with Gasteiger partial charge in [-0.05, 0) is 61.1 Å². The lowest BCUT2D eigenvalue weighted by atomic mass is 9.98. The summed E-state index contributed by atoms with van der Waals surface area (Å²) in [5.74, 6) is 1.76. The van der Waals surface area contributed by atoms with Crippen LogP contribution in [0.5, 0.6) is 5.75 Å². The van der Waals surface area contributed by atoms with Crippen LogP contribution >= 0.6 is 0 Å². The van der Waals surface area contributed by atoms with Gasteiger partial charge in [-0.1, -0.05) is 30.7 Å². The summed E-state index contributed by atoms with van der Waals surface area (Å²) >= 11 is 0. The molecule has 1 unspecified atom stereocenters. The van der Waals surface area contributed by atoms with Crippen molar-refractivity contribution in [1.29, 1.82) is 0 Å². The standard InChI is InChI=1S/C25H27NO4/c1-3-23-22(26-25(30-23)17-6-4-16(2)5-7-17)12-13-29-20-10-11-21-18(14-20)8-9-19(21)15-24(27)28/h4-7,10-11,14,19H,3,8-9,12-13,15H2,1-2H3,(H,27,28). The number of fused-ring (bicyclic) bond motifs is 1. The van der Waals surface area contributed by atoms with Crippen molar-refractivity contribution in [2.75, 3.05) is 6.61 Å². The van der Waals surface area contributed by atoms with Crippen LogP contribution < -0.4 is 4.74 Å². The third-order valence-corrected chi connectivity index (χ3v) is 5.74. The number of oxazole rings is 1. The Bertz CT molecular complexity index is 1040. The number of carboxylic acids is 1. The fraction of sp³-hybridized carbons (Fsp3) is 0.360. The molecule has 0 spiro atoms. The first-order valence-electron chi connectivity index (χ1n) is 10.6. The molecule has 0 radical (unpaired) electrons. The molecule has 5 heteroatoms. The summed E-state index contributed by atoms with van der Waals surface area (Å²) in [4.78, 5) is 15.7. The number of hydrogen-bond acceptors (Lipinski definition) is 4. The SMILES string of the molecule is CCc1oc(-c2ccc(C)cc2)nc1CCOc1ccc2c(c1)CCC2CC(=O)O. The number of aromatic nitrogens is 1. The maximum Gasteiger partial charge on any atom is 0.303 e. The number of benzene rings is 2. The number of nitrogens with zero attached hydrogens (tertiary/aromatic N) is 1. The monoisotopic (exact) mass is 405 g/mol. The van der Waals surface area contributed by atoms with Crippen molar-refractivity contribution in [3.8, 4) is 17.2 Å². The maximum absolute atomic E-state index is 11.0. The van der Waals surface area contributed by atoms with Gasteiger partial charge in [-0.25, -0.2) is 4.98 Å². The number of rotatable bonds is 8. The topological polar surface area (TPSA) is 72.6 Å². The van der Waals surface area contributed by atoms with E-state index in [1.165, 1.54) is 11.1 Å². The van der Waals surface area contributed by atoms with Crippen LogP contribution in [0, 0.1) is 6.92 Å². The second-order valence-electron chi connectivity index (χ2n) is 7.90. The zero-order valence-electron chi connectivity index (χ0n) is 17.5. The van der Waals surface area contributed by atoms with E-state index in [0.29, 0.717) is 18.9 Å². The van der Waals surface area contributed by atoms with Crippen LogP contribution in [-0.2, 0) is 24.1 Å². The van der Waals surface area contributed by atoms with E-state index in [0.717, 1.165) is 47.6 Å². The third kappa shape index (κ3) is 4.40. The van der Waals surface area contributed by atoms with E-state index in [-0.39, 0.29) is 12.3 Å². The van der Waals surface area contributed by atoms with Crippen LogP contribution in [0.2, 0.25) is 0 Å². The number of aryl methyl sites for hydroxylation is 3. The van der Waals surface area contributed by atoms with Gasteiger partial charge in [0, 0.05) is 18.4 Å². The van der Waals surface area contributed by atoms with Crippen LogP contribution in [0.25, 0.3) is 11.5 Å². The van der Waals surface area contributed by atoms with Gasteiger partial charge in [0.05, 0.1) is 18.7 Å². The van der Waals surface area contributed by atoms with E-state index in [1.807, 2.05) is 24.3 Å². The molecule has 0 saturated carbocycles. The highest BCUT2D eigenvalue weighted by molar-refractivity contribution is 5.68. The molecule has 1 aliphatic rings. The molecule has 0 bridgehead atoms. The van der Waals surface area contributed by atoms with Crippen LogP contribution in [0.1, 0.15) is 53.8 Å². The molecular formula is C25H27NO4. The van der Waals surface area contributed by atoms with Crippen LogP contribution in [-0.4, -0.2) is 22.7 Å². The fourth-order valence-electron chi connectivity index (χ4n) is 4.13. The normalized spacial score (nSPS) is 15.2. The van der Waals surface area contributed by atoms with E-state index in [4.69, 9.17) is 19.2 Å². The highest BCUT2D eigenvalue weighted by Gasteiger charge is 2.25. The van der Waals surface area contributed by atoms with Crippen molar-refractivity contribution in [3.05, 3.63) is 70.6 Å². The second-order valence-corrected chi connectivity index (χ2v) is 7.90. The molecule has 0 fully saturated rings. The number of aliphatic carboxylic acids is 1. The predicted molar refractivity (Wildman–Crippen MR) is 115 cm³/mol. The van der Waals surface area contributed by atoms with E-state index in [2.05, 4.69) is 32.0 Å². The Balaban J connectivity index is 1.40. The molecule has 1 aliphatic carbocycles. The molecule has 2 aromatic carbocycles. The van der Waals surface area contributed by atoms with Crippen molar-refractivity contribution in [2.24, 2.45) is 0 Å². The molecule has 0 amide bonds. The predicted octanol–water partition coefficient (Wildman–Crippen LogP) is 5.34. The minimum absolute atomic E-state index is 0.119. The van der Waals surface area contributed by atoms with Gasteiger partial charge in [-0.3, -0.25) is 4.79 Å². The zero-order chi connectivity index (χ0) is 21.1. The fourth-order valence-corrected chi connectivity index (χ4v) is 4.13. The first kappa shape index (κ1) is 20.2. The first-order valence-corrected chi connectivity index (χ1v) is 10.6. The van der Waals surface area contributed by atoms with Gasteiger partial charge in [0.1, 0.15) is 11.5 Å². The highest BCUT2D eigenvalue weighted by Crippen LogP contribution is 2.37. The number of carboxylic acid groups (broad SMARTS) is 1. The molecular weight excluding hydrogens is 378 g/mol. The largest absolute Gasteiger partial charge is 0.493 e. The third-order valence-electron chi connectivity index (χ3n) is 5.74. The average molecular weight is 405 g/mol. The minimum Gasteiger partial charge on any atom is -0.493 e. The molecule has 1 N–H and O–H groups in total. The van der Waals surface area contributed by atoms with E-state index < -0.39 is 5.97 Å². The molecule has 4 rings (SSSR count). The Hall–Kier alpha value is -3.08. The number of ether oxygens (including phenoxy) is 1. The quantitative estimate of drug-likeness (QED) is 0.548. The number of hydrogen-bond donors (Lipinski definition) is 1. The lowest BCUT2D eigenvalue weighted by molar-refractivity contribution is -0.137. The maximum atomic E-state index is 11.0. The van der Waals surface area contributed by atoms with Crippen molar-refractivity contribution in [2.45, 2.75) is 51.9 Å². The van der Waals surface area contributed by atoms with Crippen molar-refractivity contribution < 1.29 is 19.1 Å². The second kappa shape index (κ2) is 8.74. The van der Waals surface area contributed by atoms with E-state index in [9.17, 15) is 4.79 Å². The summed E-state index contributed by atoms with van der Waals surface area (Å²) in [6.07, 6.45) is 3.47. The van der Waals surface area contributed by atoms with Crippen molar-refractivity contribution in [1.82, 2.24) is 4.98 Å². The van der Waals surface area contributed by atoms with Crippen LogP contribution in [0.4, 0.5) is 0 Å². The summed E-state index contributed by atoms with van der Waals surface area (Å²) in [6.45, 7) is 4.65. The highest BCUT2D eigenvalue weighted by atomic mass is 16.5. The zero-order valence-corrected chi connectivity index (χ0v) is 17.5. The summed E-state index contributed by atoms with van der Waals surface area (Å²) in [6, 6.07) is 14.2. The summed E-state index contributed by atoms with van der Waals surface area (Å²) in [7, 11) is 0. The van der Waals surface area contributed by atoms with Crippen molar-refractivity contribution >= 4 is 5.97 Å².